The first kappa shape index (κ1) is 12.8. The van der Waals surface area contributed by atoms with Gasteiger partial charge < -0.3 is 9.73 Å². The molecule has 17 heavy (non-hydrogen) atoms. The molecule has 2 aromatic rings. The Morgan fingerprint density at radius 3 is 2.65 bits per heavy atom. The SMILES string of the molecule is Brc1cc(CNCCc2ccncc2)oc1Br. The van der Waals surface area contributed by atoms with Crippen molar-refractivity contribution in [2.45, 2.75) is 13.0 Å². The van der Waals surface area contributed by atoms with E-state index in [1.807, 2.05) is 30.6 Å². The van der Waals surface area contributed by atoms with Gasteiger partial charge in [0.2, 0.25) is 0 Å². The van der Waals surface area contributed by atoms with Gasteiger partial charge in [-0.3, -0.25) is 4.98 Å². The summed E-state index contributed by atoms with van der Waals surface area (Å²) in [6.45, 7) is 1.65. The van der Waals surface area contributed by atoms with E-state index in [2.05, 4.69) is 42.2 Å². The van der Waals surface area contributed by atoms with Crippen LogP contribution in [-0.4, -0.2) is 11.5 Å². The lowest BCUT2D eigenvalue weighted by atomic mass is 10.2. The van der Waals surface area contributed by atoms with Gasteiger partial charge in [-0.05, 0) is 68.6 Å². The van der Waals surface area contributed by atoms with Gasteiger partial charge >= 0.3 is 0 Å². The predicted octanol–water partition coefficient (Wildman–Crippen LogP) is 3.53. The zero-order valence-electron chi connectivity index (χ0n) is 9.12. The van der Waals surface area contributed by atoms with E-state index in [1.165, 1.54) is 5.56 Å². The number of nitrogens with one attached hydrogen (secondary N) is 1. The summed E-state index contributed by atoms with van der Waals surface area (Å²) in [6.07, 6.45) is 4.62. The fourth-order valence-electron chi connectivity index (χ4n) is 1.47. The van der Waals surface area contributed by atoms with Crippen molar-refractivity contribution < 1.29 is 4.42 Å². The first-order chi connectivity index (χ1) is 8.25. The molecule has 0 aliphatic heterocycles. The lowest BCUT2D eigenvalue weighted by Crippen LogP contribution is -2.16. The minimum absolute atomic E-state index is 0.731. The molecule has 0 saturated heterocycles. The second-order valence-corrected chi connectivity index (χ2v) is 5.19. The molecule has 2 aromatic heterocycles. The normalized spacial score (nSPS) is 10.7. The molecule has 2 heterocycles. The van der Waals surface area contributed by atoms with E-state index in [9.17, 15) is 0 Å². The number of hydrogen-bond acceptors (Lipinski definition) is 3. The van der Waals surface area contributed by atoms with Crippen LogP contribution in [0.3, 0.4) is 0 Å². The fourth-order valence-corrected chi connectivity index (χ4v) is 2.13. The molecule has 0 aromatic carbocycles. The summed E-state index contributed by atoms with van der Waals surface area (Å²) < 4.78 is 7.15. The Kier molecular flexibility index (Phi) is 4.76. The smallest absolute Gasteiger partial charge is 0.183 e. The Morgan fingerprint density at radius 1 is 1.24 bits per heavy atom. The maximum Gasteiger partial charge on any atom is 0.183 e. The van der Waals surface area contributed by atoms with Crippen molar-refractivity contribution in [2.75, 3.05) is 6.54 Å². The lowest BCUT2D eigenvalue weighted by Gasteiger charge is -2.02. The largest absolute Gasteiger partial charge is 0.452 e. The molecule has 0 bridgehead atoms. The zero-order valence-corrected chi connectivity index (χ0v) is 12.3. The van der Waals surface area contributed by atoms with Crippen molar-refractivity contribution in [1.82, 2.24) is 10.3 Å². The van der Waals surface area contributed by atoms with Gasteiger partial charge in [0.25, 0.3) is 0 Å². The summed E-state index contributed by atoms with van der Waals surface area (Å²) in [7, 11) is 0. The van der Waals surface area contributed by atoms with Gasteiger partial charge in [0, 0.05) is 12.4 Å². The highest BCUT2D eigenvalue weighted by molar-refractivity contribution is 9.13. The maximum atomic E-state index is 5.46. The van der Waals surface area contributed by atoms with E-state index in [0.717, 1.165) is 34.4 Å². The summed E-state index contributed by atoms with van der Waals surface area (Å²) >= 11 is 6.70. The number of hydrogen-bond donors (Lipinski definition) is 1. The third-order valence-electron chi connectivity index (χ3n) is 2.34. The zero-order chi connectivity index (χ0) is 12.1. The van der Waals surface area contributed by atoms with Gasteiger partial charge in [0.05, 0.1) is 11.0 Å². The first-order valence-electron chi connectivity index (χ1n) is 5.29. The number of pyridine rings is 1. The molecule has 0 aliphatic carbocycles. The molecule has 90 valence electrons. The second-order valence-electron chi connectivity index (χ2n) is 3.62. The predicted molar refractivity (Wildman–Crippen MR) is 73.8 cm³/mol. The molecule has 0 atom stereocenters. The minimum Gasteiger partial charge on any atom is -0.452 e. The summed E-state index contributed by atoms with van der Waals surface area (Å²) in [4.78, 5) is 3.99. The standard InChI is InChI=1S/C12H12Br2N2O/c13-11-7-10(17-12(11)14)8-16-6-3-9-1-4-15-5-2-9/h1-2,4-5,7,16H,3,6,8H2. The van der Waals surface area contributed by atoms with Gasteiger partial charge in [0.15, 0.2) is 4.67 Å². The van der Waals surface area contributed by atoms with Crippen molar-refractivity contribution in [3.8, 4) is 0 Å². The van der Waals surface area contributed by atoms with Crippen LogP contribution in [0, 0.1) is 0 Å². The lowest BCUT2D eigenvalue weighted by molar-refractivity contribution is 0.465. The molecule has 5 heteroatoms. The van der Waals surface area contributed by atoms with Gasteiger partial charge in [-0.1, -0.05) is 0 Å². The van der Waals surface area contributed by atoms with Crippen molar-refractivity contribution in [1.29, 1.82) is 0 Å². The van der Waals surface area contributed by atoms with E-state index in [1.54, 1.807) is 0 Å². The Hall–Kier alpha value is -0.650. The van der Waals surface area contributed by atoms with Crippen molar-refractivity contribution in [3.63, 3.8) is 0 Å². The number of furan rings is 1. The highest BCUT2D eigenvalue weighted by Gasteiger charge is 2.04. The monoisotopic (exact) mass is 358 g/mol. The van der Waals surface area contributed by atoms with Crippen LogP contribution in [0.4, 0.5) is 0 Å². The molecule has 2 rings (SSSR count). The number of aromatic nitrogens is 1. The molecule has 0 saturated carbocycles. The molecule has 0 amide bonds. The number of halogens is 2. The van der Waals surface area contributed by atoms with Crippen LogP contribution in [0.15, 0.2) is 44.2 Å². The summed E-state index contributed by atoms with van der Waals surface area (Å²) in [6, 6.07) is 6.02. The molecule has 3 nitrogen and oxygen atoms in total. The van der Waals surface area contributed by atoms with Gasteiger partial charge in [-0.2, -0.15) is 0 Å². The van der Waals surface area contributed by atoms with Crippen LogP contribution in [0.1, 0.15) is 11.3 Å². The molecule has 1 N–H and O–H groups in total. The van der Waals surface area contributed by atoms with E-state index in [0.29, 0.717) is 0 Å². The van der Waals surface area contributed by atoms with Gasteiger partial charge in [-0.15, -0.1) is 0 Å². The average molecular weight is 360 g/mol. The molecule has 0 radical (unpaired) electrons. The maximum absolute atomic E-state index is 5.46. The van der Waals surface area contributed by atoms with E-state index in [4.69, 9.17) is 4.42 Å². The molecule has 0 aliphatic rings. The molecular formula is C12H12Br2N2O. The van der Waals surface area contributed by atoms with Crippen molar-refractivity contribution in [2.24, 2.45) is 0 Å². The number of rotatable bonds is 5. The molecule has 0 spiro atoms. The van der Waals surface area contributed by atoms with Gasteiger partial charge in [-0.25, -0.2) is 0 Å². The van der Waals surface area contributed by atoms with E-state index in [-0.39, 0.29) is 0 Å². The molecule has 0 fully saturated rings. The average Bonchev–Trinajstić information content (AvgIpc) is 2.66. The van der Waals surface area contributed by atoms with Crippen LogP contribution in [0.25, 0.3) is 0 Å². The van der Waals surface area contributed by atoms with Crippen LogP contribution in [0.2, 0.25) is 0 Å². The van der Waals surface area contributed by atoms with Crippen molar-refractivity contribution >= 4 is 31.9 Å². The minimum atomic E-state index is 0.731. The highest BCUT2D eigenvalue weighted by atomic mass is 79.9. The van der Waals surface area contributed by atoms with Crippen molar-refractivity contribution in [3.05, 3.63) is 51.1 Å². The van der Waals surface area contributed by atoms with E-state index >= 15 is 0 Å². The Bertz CT molecular complexity index is 451. The van der Waals surface area contributed by atoms with Crippen LogP contribution >= 0.6 is 31.9 Å². The Balaban J connectivity index is 1.73. The molecular weight excluding hydrogens is 348 g/mol. The van der Waals surface area contributed by atoms with E-state index < -0.39 is 0 Å². The van der Waals surface area contributed by atoms with Crippen LogP contribution < -0.4 is 5.32 Å². The topological polar surface area (TPSA) is 38.1 Å². The third kappa shape index (κ3) is 3.94. The fraction of sp³-hybridized carbons (Fsp3) is 0.250. The quantitative estimate of drug-likeness (QED) is 0.830. The number of nitrogens with zero attached hydrogens (tertiary/aromatic N) is 1. The summed E-state index contributed by atoms with van der Waals surface area (Å²) in [5.74, 6) is 0.915. The van der Waals surface area contributed by atoms with Crippen LogP contribution in [0.5, 0.6) is 0 Å². The summed E-state index contributed by atoms with van der Waals surface area (Å²) in [5, 5.41) is 3.33. The first-order valence-corrected chi connectivity index (χ1v) is 6.87. The second kappa shape index (κ2) is 6.33. The third-order valence-corrected chi connectivity index (χ3v) is 4.05. The Labute approximate surface area is 117 Å². The highest BCUT2D eigenvalue weighted by Crippen LogP contribution is 2.26. The Morgan fingerprint density at radius 2 is 2.00 bits per heavy atom. The van der Waals surface area contributed by atoms with Crippen LogP contribution in [-0.2, 0) is 13.0 Å². The molecule has 0 unspecified atom stereocenters. The summed E-state index contributed by atoms with van der Waals surface area (Å²) in [5.41, 5.74) is 1.29. The van der Waals surface area contributed by atoms with Gasteiger partial charge in [0.1, 0.15) is 5.76 Å².